The Morgan fingerprint density at radius 1 is 1.21 bits per heavy atom. The minimum atomic E-state index is 0.389. The van der Waals surface area contributed by atoms with Gasteiger partial charge in [0.05, 0.1) is 0 Å². The Labute approximate surface area is 88.0 Å². The van der Waals surface area contributed by atoms with E-state index in [-0.39, 0.29) is 0 Å². The summed E-state index contributed by atoms with van der Waals surface area (Å²) in [6.45, 7) is 9.96. The van der Waals surface area contributed by atoms with Gasteiger partial charge in [0, 0.05) is 13.1 Å². The SMILES string of the molecule is CCN(CCN(C)C)C1OC1C(C)C. The molecule has 0 N–H and O–H groups in total. The number of hydrogen-bond donors (Lipinski definition) is 0. The summed E-state index contributed by atoms with van der Waals surface area (Å²) in [7, 11) is 4.23. The molecule has 84 valence electrons. The summed E-state index contributed by atoms with van der Waals surface area (Å²) >= 11 is 0. The third-order valence-electron chi connectivity index (χ3n) is 2.76. The van der Waals surface area contributed by atoms with E-state index in [4.69, 9.17) is 4.74 Å². The molecule has 1 rings (SSSR count). The zero-order valence-electron chi connectivity index (χ0n) is 10.2. The highest BCUT2D eigenvalue weighted by Gasteiger charge is 2.44. The summed E-state index contributed by atoms with van der Waals surface area (Å²) in [6, 6.07) is 0. The van der Waals surface area contributed by atoms with Crippen LogP contribution in [0.25, 0.3) is 0 Å². The summed E-state index contributed by atoms with van der Waals surface area (Å²) in [4.78, 5) is 4.64. The molecular weight excluding hydrogens is 176 g/mol. The van der Waals surface area contributed by atoms with Crippen molar-refractivity contribution in [3.8, 4) is 0 Å². The number of hydrogen-bond acceptors (Lipinski definition) is 3. The predicted molar refractivity (Wildman–Crippen MR) is 59.3 cm³/mol. The van der Waals surface area contributed by atoms with Gasteiger partial charge in [-0.3, -0.25) is 4.90 Å². The van der Waals surface area contributed by atoms with Gasteiger partial charge in [-0.25, -0.2) is 0 Å². The summed E-state index contributed by atoms with van der Waals surface area (Å²) in [5.41, 5.74) is 0. The molecule has 1 aliphatic heterocycles. The van der Waals surface area contributed by atoms with Crippen molar-refractivity contribution < 1.29 is 4.74 Å². The minimum absolute atomic E-state index is 0.389. The molecule has 0 radical (unpaired) electrons. The van der Waals surface area contributed by atoms with Crippen molar-refractivity contribution in [3.05, 3.63) is 0 Å². The van der Waals surface area contributed by atoms with Gasteiger partial charge in [0.25, 0.3) is 0 Å². The number of likely N-dealkylation sites (N-methyl/N-ethyl adjacent to an activating group) is 2. The molecule has 2 unspecified atom stereocenters. The smallest absolute Gasteiger partial charge is 0.138 e. The van der Waals surface area contributed by atoms with E-state index >= 15 is 0 Å². The molecule has 2 atom stereocenters. The highest BCUT2D eigenvalue weighted by molar-refractivity contribution is 4.87. The van der Waals surface area contributed by atoms with Crippen LogP contribution in [0.1, 0.15) is 20.8 Å². The van der Waals surface area contributed by atoms with Crippen molar-refractivity contribution in [2.24, 2.45) is 5.92 Å². The summed E-state index contributed by atoms with van der Waals surface area (Å²) in [5.74, 6) is 0.647. The molecular formula is C11H24N2O. The van der Waals surface area contributed by atoms with E-state index in [0.717, 1.165) is 19.6 Å². The van der Waals surface area contributed by atoms with Gasteiger partial charge < -0.3 is 9.64 Å². The van der Waals surface area contributed by atoms with Crippen LogP contribution in [-0.4, -0.2) is 55.9 Å². The molecule has 1 aliphatic rings. The maximum atomic E-state index is 5.67. The molecule has 0 aromatic rings. The number of rotatable bonds is 6. The van der Waals surface area contributed by atoms with Crippen LogP contribution in [0.4, 0.5) is 0 Å². The van der Waals surface area contributed by atoms with Crippen LogP contribution >= 0.6 is 0 Å². The predicted octanol–water partition coefficient (Wildman–Crippen LogP) is 1.25. The molecule has 0 amide bonds. The largest absolute Gasteiger partial charge is 0.353 e. The van der Waals surface area contributed by atoms with Crippen LogP contribution in [0.15, 0.2) is 0 Å². The first-order valence-electron chi connectivity index (χ1n) is 5.60. The van der Waals surface area contributed by atoms with Crippen LogP contribution < -0.4 is 0 Å². The zero-order chi connectivity index (χ0) is 10.7. The second-order valence-electron chi connectivity index (χ2n) is 4.67. The van der Waals surface area contributed by atoms with Crippen molar-refractivity contribution in [1.82, 2.24) is 9.80 Å². The van der Waals surface area contributed by atoms with Gasteiger partial charge in [-0.15, -0.1) is 0 Å². The Hall–Kier alpha value is -0.120. The summed E-state index contributed by atoms with van der Waals surface area (Å²) in [5, 5.41) is 0. The Balaban J connectivity index is 2.26. The van der Waals surface area contributed by atoms with E-state index in [1.54, 1.807) is 0 Å². The maximum absolute atomic E-state index is 5.67. The number of ether oxygens (including phenoxy) is 1. The van der Waals surface area contributed by atoms with Gasteiger partial charge in [-0.2, -0.15) is 0 Å². The third kappa shape index (κ3) is 3.23. The third-order valence-corrected chi connectivity index (χ3v) is 2.76. The van der Waals surface area contributed by atoms with Gasteiger partial charge in [0.2, 0.25) is 0 Å². The molecule has 0 saturated carbocycles. The van der Waals surface area contributed by atoms with Gasteiger partial charge in [0.1, 0.15) is 12.3 Å². The highest BCUT2D eigenvalue weighted by Crippen LogP contribution is 2.31. The topological polar surface area (TPSA) is 19.0 Å². The van der Waals surface area contributed by atoms with Gasteiger partial charge in [0.15, 0.2) is 0 Å². The van der Waals surface area contributed by atoms with Crippen molar-refractivity contribution >= 4 is 0 Å². The van der Waals surface area contributed by atoms with E-state index in [1.807, 2.05) is 0 Å². The first kappa shape index (κ1) is 12.0. The van der Waals surface area contributed by atoms with Crippen molar-refractivity contribution in [2.75, 3.05) is 33.7 Å². The fraction of sp³-hybridized carbons (Fsp3) is 1.00. The zero-order valence-corrected chi connectivity index (χ0v) is 10.2. The lowest BCUT2D eigenvalue weighted by atomic mass is 10.1. The molecule has 1 fully saturated rings. The lowest BCUT2D eigenvalue weighted by Crippen LogP contribution is -2.35. The number of nitrogens with zero attached hydrogens (tertiary/aromatic N) is 2. The quantitative estimate of drug-likeness (QED) is 0.601. The molecule has 0 aromatic carbocycles. The normalized spacial score (nSPS) is 26.6. The van der Waals surface area contributed by atoms with Gasteiger partial charge >= 0.3 is 0 Å². The summed E-state index contributed by atoms with van der Waals surface area (Å²) in [6.07, 6.45) is 0.858. The minimum Gasteiger partial charge on any atom is -0.353 e. The molecule has 0 aromatic heterocycles. The molecule has 0 spiro atoms. The van der Waals surface area contributed by atoms with E-state index < -0.39 is 0 Å². The number of epoxide rings is 1. The molecule has 1 heterocycles. The lowest BCUT2D eigenvalue weighted by Gasteiger charge is -2.20. The average Bonchev–Trinajstić information content (AvgIpc) is 2.85. The van der Waals surface area contributed by atoms with Crippen molar-refractivity contribution in [3.63, 3.8) is 0 Å². The standard InChI is InChI=1S/C11H24N2O/c1-6-13(8-7-12(4)5)11-10(14-11)9(2)3/h9-11H,6-8H2,1-5H3. The highest BCUT2D eigenvalue weighted by atomic mass is 16.6. The molecule has 0 aliphatic carbocycles. The fourth-order valence-electron chi connectivity index (χ4n) is 1.69. The molecule has 1 saturated heterocycles. The maximum Gasteiger partial charge on any atom is 0.138 e. The monoisotopic (exact) mass is 200 g/mol. The van der Waals surface area contributed by atoms with Crippen molar-refractivity contribution in [1.29, 1.82) is 0 Å². The van der Waals surface area contributed by atoms with Crippen LogP contribution in [0.3, 0.4) is 0 Å². The van der Waals surface area contributed by atoms with Crippen molar-refractivity contribution in [2.45, 2.75) is 33.1 Å². The Bertz CT molecular complexity index is 171. The van der Waals surface area contributed by atoms with E-state index in [0.29, 0.717) is 18.2 Å². The fourth-order valence-corrected chi connectivity index (χ4v) is 1.69. The van der Waals surface area contributed by atoms with Crippen LogP contribution in [0.5, 0.6) is 0 Å². The van der Waals surface area contributed by atoms with Gasteiger partial charge in [-0.1, -0.05) is 20.8 Å². The van der Waals surface area contributed by atoms with Crippen LogP contribution in [0, 0.1) is 5.92 Å². The summed E-state index contributed by atoms with van der Waals surface area (Å²) < 4.78 is 5.67. The second kappa shape index (κ2) is 5.10. The Morgan fingerprint density at radius 3 is 2.21 bits per heavy atom. The molecule has 3 heteroatoms. The molecule has 3 nitrogen and oxygen atoms in total. The van der Waals surface area contributed by atoms with Gasteiger partial charge in [-0.05, 0) is 26.6 Å². The van der Waals surface area contributed by atoms with E-state index in [9.17, 15) is 0 Å². The second-order valence-corrected chi connectivity index (χ2v) is 4.67. The van der Waals surface area contributed by atoms with Crippen LogP contribution in [0.2, 0.25) is 0 Å². The first-order chi connectivity index (χ1) is 6.56. The lowest BCUT2D eigenvalue weighted by molar-refractivity contribution is 0.168. The Kier molecular flexibility index (Phi) is 4.35. The van der Waals surface area contributed by atoms with Crippen LogP contribution in [-0.2, 0) is 4.74 Å². The van der Waals surface area contributed by atoms with E-state index in [1.165, 1.54) is 0 Å². The first-order valence-corrected chi connectivity index (χ1v) is 5.60. The van der Waals surface area contributed by atoms with E-state index in [2.05, 4.69) is 44.7 Å². The average molecular weight is 200 g/mol. The molecule has 14 heavy (non-hydrogen) atoms. The Morgan fingerprint density at radius 2 is 1.86 bits per heavy atom. The molecule has 0 bridgehead atoms.